The van der Waals surface area contributed by atoms with Gasteiger partial charge in [0, 0.05) is 24.3 Å². The second-order valence-corrected chi connectivity index (χ2v) is 9.61. The third kappa shape index (κ3) is 7.03. The quantitative estimate of drug-likeness (QED) is 0.117. The molecule has 222 valence electrons. The molecule has 0 radical (unpaired) electrons. The zero-order chi connectivity index (χ0) is 30.6. The number of aliphatic hydroxyl groups is 1. The minimum absolute atomic E-state index is 0.0859. The van der Waals surface area contributed by atoms with Crippen LogP contribution < -0.4 is 15.8 Å². The summed E-state index contributed by atoms with van der Waals surface area (Å²) in [5, 5.41) is 72.7. The first kappa shape index (κ1) is 31.1. The number of aliphatic carboxylic acids is 2. The molecule has 1 aliphatic heterocycles. The van der Waals surface area contributed by atoms with E-state index in [0.717, 1.165) is 24.3 Å². The molecule has 0 aromatic heterocycles. The number of nitrogens with two attached hydrogens (primary N) is 1. The van der Waals surface area contributed by atoms with Crippen LogP contribution in [0.1, 0.15) is 36.1 Å². The lowest BCUT2D eigenvalue weighted by Gasteiger charge is -2.43. The number of ether oxygens (including phenoxy) is 1. The molecule has 10 N–H and O–H groups in total. The third-order valence-electron chi connectivity index (χ3n) is 6.36. The summed E-state index contributed by atoms with van der Waals surface area (Å²) in [7, 11) is 0. The average molecular weight is 596 g/mol. The van der Waals surface area contributed by atoms with Gasteiger partial charge in [-0.15, -0.1) is 0 Å². The van der Waals surface area contributed by atoms with Gasteiger partial charge in [-0.2, -0.15) is 12.6 Å². The van der Waals surface area contributed by atoms with Gasteiger partial charge in [0.15, 0.2) is 17.6 Å². The van der Waals surface area contributed by atoms with Gasteiger partial charge < -0.3 is 56.4 Å². The monoisotopic (exact) mass is 595 g/mol. The number of thiol groups is 1. The van der Waals surface area contributed by atoms with E-state index in [0.29, 0.717) is 4.90 Å². The van der Waals surface area contributed by atoms with Crippen molar-refractivity contribution in [2.24, 2.45) is 5.73 Å². The number of carboxylic acids is 2. The van der Waals surface area contributed by atoms with Crippen LogP contribution in [0.15, 0.2) is 30.3 Å². The first-order valence-corrected chi connectivity index (χ1v) is 12.7. The van der Waals surface area contributed by atoms with Crippen LogP contribution in [0.3, 0.4) is 0 Å². The normalized spacial score (nSPS) is 19.2. The molecule has 0 saturated carbocycles. The van der Waals surface area contributed by atoms with Crippen molar-refractivity contribution in [3.8, 4) is 28.7 Å². The highest BCUT2D eigenvalue weighted by atomic mass is 32.1. The average Bonchev–Trinajstić information content (AvgIpc) is 2.90. The number of nitrogens with zero attached hydrogens (tertiary/aromatic N) is 1. The summed E-state index contributed by atoms with van der Waals surface area (Å²) in [5.74, 6) is -7.38. The Morgan fingerprint density at radius 1 is 1.02 bits per heavy atom. The van der Waals surface area contributed by atoms with E-state index in [2.05, 4.69) is 17.9 Å². The largest absolute Gasteiger partial charge is 0.508 e. The molecule has 0 bridgehead atoms. The number of carbonyl (C=O) groups is 4. The fourth-order valence-electron chi connectivity index (χ4n) is 4.38. The Labute approximate surface area is 237 Å². The number of aromatic hydroxyl groups is 4. The molecule has 0 aliphatic carbocycles. The smallest absolute Gasteiger partial charge is 0.323 e. The lowest BCUT2D eigenvalue weighted by atomic mass is 9.87. The molecule has 15 nitrogen and oxygen atoms in total. The highest BCUT2D eigenvalue weighted by Crippen LogP contribution is 2.49. The number of fused-ring (bicyclic) bond motifs is 1. The van der Waals surface area contributed by atoms with E-state index in [4.69, 9.17) is 15.6 Å². The first-order valence-electron chi connectivity index (χ1n) is 12.1. The predicted octanol–water partition coefficient (Wildman–Crippen LogP) is -0.435. The highest BCUT2D eigenvalue weighted by Gasteiger charge is 2.46. The predicted molar refractivity (Wildman–Crippen MR) is 142 cm³/mol. The van der Waals surface area contributed by atoms with Gasteiger partial charge in [-0.05, 0) is 24.1 Å². The fourth-order valence-corrected chi connectivity index (χ4v) is 4.63. The molecule has 3 rings (SSSR count). The molecule has 4 unspecified atom stereocenters. The number of nitrogens with one attached hydrogen (secondary N) is 1. The SMILES string of the molecule is NC(CCC(=O)NC(CS)C(=O)N(CC(=O)O)[C@H]1c2c(O)cc(O)cc2OC(c2ccc(O)c(O)c2)C1O)C(=O)O. The van der Waals surface area contributed by atoms with Crippen LogP contribution in [0.2, 0.25) is 0 Å². The summed E-state index contributed by atoms with van der Waals surface area (Å²) in [4.78, 5) is 49.6. The number of phenols is 4. The zero-order valence-corrected chi connectivity index (χ0v) is 22.1. The van der Waals surface area contributed by atoms with Crippen LogP contribution in [-0.4, -0.2) is 94.9 Å². The van der Waals surface area contributed by atoms with Crippen LogP contribution in [0.25, 0.3) is 0 Å². The summed E-state index contributed by atoms with van der Waals surface area (Å²) >= 11 is 4.08. The molecule has 2 amide bonds. The summed E-state index contributed by atoms with van der Waals surface area (Å²) in [6.07, 6.45) is -3.84. The van der Waals surface area contributed by atoms with E-state index in [9.17, 15) is 49.8 Å². The van der Waals surface area contributed by atoms with Crippen molar-refractivity contribution in [1.29, 1.82) is 0 Å². The highest BCUT2D eigenvalue weighted by molar-refractivity contribution is 7.80. The lowest BCUT2D eigenvalue weighted by molar-refractivity contribution is -0.152. The lowest BCUT2D eigenvalue weighted by Crippen LogP contribution is -2.55. The molecule has 0 saturated heterocycles. The van der Waals surface area contributed by atoms with Crippen LogP contribution in [0.5, 0.6) is 28.7 Å². The van der Waals surface area contributed by atoms with Gasteiger partial charge in [0.1, 0.15) is 42.0 Å². The van der Waals surface area contributed by atoms with Crippen molar-refractivity contribution in [1.82, 2.24) is 10.2 Å². The van der Waals surface area contributed by atoms with Crippen LogP contribution in [0.4, 0.5) is 0 Å². The second kappa shape index (κ2) is 12.8. The van der Waals surface area contributed by atoms with Crippen LogP contribution in [-0.2, 0) is 19.2 Å². The third-order valence-corrected chi connectivity index (χ3v) is 6.72. The summed E-state index contributed by atoms with van der Waals surface area (Å²) in [6.45, 7) is -1.03. The standard InChI is InChI=1S/C25H29N3O12S/c26-12(25(38)39)2-4-18(33)27-13(9-41)24(37)28(8-19(34)35)21-20-16(32)6-11(29)7-17(20)40-23(22(21)36)10-1-3-14(30)15(31)5-10/h1,3,5-7,12-13,21-23,29-32,36,41H,2,4,8-9,26H2,(H,27,33)(H,34,35)(H,38,39)/t12?,13?,21-,22?,23?/m0/s1. The second-order valence-electron chi connectivity index (χ2n) is 9.24. The molecule has 2 aromatic carbocycles. The number of benzene rings is 2. The summed E-state index contributed by atoms with van der Waals surface area (Å²) < 4.78 is 5.78. The van der Waals surface area contributed by atoms with Crippen LogP contribution in [0, 0.1) is 0 Å². The molecule has 1 aliphatic rings. The van der Waals surface area contributed by atoms with Gasteiger partial charge in [0.25, 0.3) is 0 Å². The first-order chi connectivity index (χ1) is 19.2. The number of rotatable bonds is 11. The Hall–Kier alpha value is -4.41. The maximum Gasteiger partial charge on any atom is 0.323 e. The van der Waals surface area contributed by atoms with Crippen molar-refractivity contribution >= 4 is 36.4 Å². The minimum Gasteiger partial charge on any atom is -0.508 e. The molecule has 0 fully saturated rings. The van der Waals surface area contributed by atoms with E-state index in [1.165, 1.54) is 6.07 Å². The molecule has 16 heteroatoms. The number of carbonyl (C=O) groups excluding carboxylic acids is 2. The summed E-state index contributed by atoms with van der Waals surface area (Å²) in [5.41, 5.74) is 5.24. The van der Waals surface area contributed by atoms with E-state index in [-0.39, 0.29) is 35.5 Å². The molecule has 2 aromatic rings. The number of carboxylic acid groups (broad SMARTS) is 2. The Morgan fingerprint density at radius 2 is 1.71 bits per heavy atom. The van der Waals surface area contributed by atoms with Crippen molar-refractivity contribution in [3.63, 3.8) is 0 Å². The number of aliphatic hydroxyl groups excluding tert-OH is 1. The minimum atomic E-state index is -1.80. The van der Waals surface area contributed by atoms with Gasteiger partial charge in [-0.25, -0.2) is 0 Å². The topological polar surface area (TPSA) is 260 Å². The number of hydrogen-bond donors (Lipinski definition) is 10. The Morgan fingerprint density at radius 3 is 2.29 bits per heavy atom. The molecule has 1 heterocycles. The van der Waals surface area contributed by atoms with Gasteiger partial charge >= 0.3 is 11.9 Å². The Bertz CT molecular complexity index is 1340. The summed E-state index contributed by atoms with van der Waals surface area (Å²) in [6, 6.07) is 0.984. The molecule has 5 atom stereocenters. The van der Waals surface area contributed by atoms with E-state index < -0.39 is 83.6 Å². The molecule has 41 heavy (non-hydrogen) atoms. The maximum atomic E-state index is 13.7. The van der Waals surface area contributed by atoms with Crippen molar-refractivity contribution in [3.05, 3.63) is 41.5 Å². The van der Waals surface area contributed by atoms with Crippen LogP contribution >= 0.6 is 12.6 Å². The zero-order valence-electron chi connectivity index (χ0n) is 21.2. The maximum absolute atomic E-state index is 13.7. The number of phenolic OH excluding ortho intramolecular Hbond substituents is 4. The van der Waals surface area contributed by atoms with E-state index >= 15 is 0 Å². The van der Waals surface area contributed by atoms with Crippen molar-refractivity contribution < 1.29 is 59.7 Å². The molecular formula is C25H29N3O12S. The number of amides is 2. The van der Waals surface area contributed by atoms with Crippen molar-refractivity contribution in [2.45, 2.75) is 43.2 Å². The van der Waals surface area contributed by atoms with E-state index in [1.54, 1.807) is 0 Å². The van der Waals surface area contributed by atoms with E-state index in [1.807, 2.05) is 0 Å². The Kier molecular flexibility index (Phi) is 9.75. The van der Waals surface area contributed by atoms with Crippen molar-refractivity contribution in [2.75, 3.05) is 12.3 Å². The molecule has 0 spiro atoms. The Balaban J connectivity index is 2.04. The fraction of sp³-hybridized carbons (Fsp3) is 0.360. The van der Waals surface area contributed by atoms with Gasteiger partial charge in [0.05, 0.1) is 11.6 Å². The van der Waals surface area contributed by atoms with Gasteiger partial charge in [0.2, 0.25) is 11.8 Å². The molecular weight excluding hydrogens is 566 g/mol. The van der Waals surface area contributed by atoms with Gasteiger partial charge in [-0.3, -0.25) is 19.2 Å². The van der Waals surface area contributed by atoms with Gasteiger partial charge in [-0.1, -0.05) is 6.07 Å². The number of hydrogen-bond acceptors (Lipinski definition) is 12.